The highest BCUT2D eigenvalue weighted by Gasteiger charge is 2.35. The molecule has 0 aliphatic carbocycles. The van der Waals surface area contributed by atoms with Crippen LogP contribution in [-0.2, 0) is 4.79 Å². The van der Waals surface area contributed by atoms with Crippen molar-refractivity contribution in [3.05, 3.63) is 35.5 Å². The van der Waals surface area contributed by atoms with Crippen LogP contribution in [0.1, 0.15) is 19.8 Å². The second kappa shape index (κ2) is 7.35. The number of carbonyl (C=O) groups excluding carboxylic acids is 1. The van der Waals surface area contributed by atoms with Gasteiger partial charge in [-0.2, -0.15) is 0 Å². The second-order valence-corrected chi connectivity index (χ2v) is 7.26. The van der Waals surface area contributed by atoms with Gasteiger partial charge in [0.05, 0.1) is 11.2 Å². The molecule has 1 aliphatic heterocycles. The Morgan fingerprint density at radius 3 is 3.04 bits per heavy atom. The van der Waals surface area contributed by atoms with Crippen molar-refractivity contribution in [3.8, 4) is 11.4 Å². The van der Waals surface area contributed by atoms with E-state index in [0.29, 0.717) is 41.6 Å². The molecule has 1 fully saturated rings. The number of hydrogen-bond donors (Lipinski definition) is 1. The van der Waals surface area contributed by atoms with Crippen LogP contribution in [-0.4, -0.2) is 56.9 Å². The minimum Gasteiger partial charge on any atom is -0.345 e. The average Bonchev–Trinajstić information content (AvgIpc) is 3.34. The third-order valence-corrected chi connectivity index (χ3v) is 5.33. The zero-order valence-electron chi connectivity index (χ0n) is 15.6. The van der Waals surface area contributed by atoms with Crippen molar-refractivity contribution < 1.29 is 9.18 Å². The highest BCUT2D eigenvalue weighted by molar-refractivity contribution is 6.31. The first-order valence-electron chi connectivity index (χ1n) is 9.16. The van der Waals surface area contributed by atoms with Crippen molar-refractivity contribution in [3.63, 3.8) is 0 Å². The summed E-state index contributed by atoms with van der Waals surface area (Å²) in [4.78, 5) is 32.0. The first-order chi connectivity index (χ1) is 13.5. The number of rotatable bonds is 4. The van der Waals surface area contributed by atoms with E-state index in [1.165, 1.54) is 0 Å². The zero-order valence-corrected chi connectivity index (χ0v) is 16.4. The lowest BCUT2D eigenvalue weighted by atomic mass is 10.2. The van der Waals surface area contributed by atoms with E-state index in [2.05, 4.69) is 19.9 Å². The third-order valence-electron chi connectivity index (χ3n) is 5.12. The summed E-state index contributed by atoms with van der Waals surface area (Å²) in [6.45, 7) is 3.09. The molecule has 0 aromatic carbocycles. The number of fused-ring (bicyclic) bond motifs is 1. The lowest BCUT2D eigenvalue weighted by molar-refractivity contribution is -0.130. The molecule has 1 atom stereocenters. The van der Waals surface area contributed by atoms with Crippen molar-refractivity contribution in [1.29, 1.82) is 0 Å². The van der Waals surface area contributed by atoms with E-state index in [4.69, 9.17) is 11.6 Å². The van der Waals surface area contributed by atoms with E-state index >= 15 is 0 Å². The lowest BCUT2D eigenvalue weighted by Crippen LogP contribution is -2.44. The topological polar surface area (TPSA) is 78.0 Å². The number of pyridine rings is 1. The molecule has 146 valence electrons. The minimum atomic E-state index is -0.543. The SMILES string of the molecule is CCN(C)C(=O)[C@H]1CCCN1c1nc(-c2c[nH]c3ncc(Cl)cc23)ncc1F. The van der Waals surface area contributed by atoms with E-state index in [9.17, 15) is 9.18 Å². The monoisotopic (exact) mass is 402 g/mol. The molecule has 0 bridgehead atoms. The normalized spacial score (nSPS) is 16.7. The molecule has 4 rings (SSSR count). The van der Waals surface area contributed by atoms with Crippen molar-refractivity contribution >= 4 is 34.4 Å². The van der Waals surface area contributed by atoms with Crippen LogP contribution < -0.4 is 4.90 Å². The molecule has 3 aromatic rings. The van der Waals surface area contributed by atoms with Gasteiger partial charge >= 0.3 is 0 Å². The average molecular weight is 403 g/mol. The quantitative estimate of drug-likeness (QED) is 0.724. The predicted octanol–water partition coefficient (Wildman–Crippen LogP) is 3.26. The molecule has 1 amide bonds. The molecular weight excluding hydrogens is 383 g/mol. The van der Waals surface area contributed by atoms with Gasteiger partial charge in [-0.25, -0.2) is 19.3 Å². The Bertz CT molecular complexity index is 1040. The number of hydrogen-bond acceptors (Lipinski definition) is 5. The summed E-state index contributed by atoms with van der Waals surface area (Å²) in [5, 5.41) is 1.24. The van der Waals surface area contributed by atoms with Crippen LogP contribution in [0.4, 0.5) is 10.2 Å². The number of anilines is 1. The lowest BCUT2D eigenvalue weighted by Gasteiger charge is -2.28. The Hall–Kier alpha value is -2.74. The van der Waals surface area contributed by atoms with E-state index in [1.807, 2.05) is 6.92 Å². The maximum absolute atomic E-state index is 14.6. The summed E-state index contributed by atoms with van der Waals surface area (Å²) in [5.41, 5.74) is 1.33. The van der Waals surface area contributed by atoms with Crippen LogP contribution in [0.3, 0.4) is 0 Å². The summed E-state index contributed by atoms with van der Waals surface area (Å²) in [6.07, 6.45) is 5.90. The van der Waals surface area contributed by atoms with Gasteiger partial charge < -0.3 is 14.8 Å². The Balaban J connectivity index is 1.75. The molecular formula is C19H20ClFN6O. The van der Waals surface area contributed by atoms with E-state index in [0.717, 1.165) is 18.0 Å². The Labute approximate surface area is 166 Å². The zero-order chi connectivity index (χ0) is 19.8. The van der Waals surface area contributed by atoms with Crippen LogP contribution in [0.5, 0.6) is 0 Å². The first-order valence-corrected chi connectivity index (χ1v) is 9.54. The van der Waals surface area contributed by atoms with Gasteiger partial charge in [0.2, 0.25) is 5.91 Å². The number of likely N-dealkylation sites (N-methyl/N-ethyl adjacent to an activating group) is 1. The largest absolute Gasteiger partial charge is 0.345 e. The number of H-pyrrole nitrogens is 1. The number of nitrogens with zero attached hydrogens (tertiary/aromatic N) is 5. The summed E-state index contributed by atoms with van der Waals surface area (Å²) >= 11 is 6.06. The molecule has 1 saturated heterocycles. The van der Waals surface area contributed by atoms with Gasteiger partial charge in [0.15, 0.2) is 17.5 Å². The summed E-state index contributed by atoms with van der Waals surface area (Å²) in [6, 6.07) is 1.35. The minimum absolute atomic E-state index is 0.0253. The number of amides is 1. The number of aromatic nitrogens is 4. The summed E-state index contributed by atoms with van der Waals surface area (Å²) in [5.74, 6) is -0.0652. The van der Waals surface area contributed by atoms with Crippen LogP contribution in [0, 0.1) is 5.82 Å². The smallest absolute Gasteiger partial charge is 0.245 e. The fraction of sp³-hybridized carbons (Fsp3) is 0.368. The maximum Gasteiger partial charge on any atom is 0.245 e. The fourth-order valence-corrected chi connectivity index (χ4v) is 3.70. The van der Waals surface area contributed by atoms with Gasteiger partial charge in [-0.1, -0.05) is 11.6 Å². The van der Waals surface area contributed by atoms with Gasteiger partial charge in [0, 0.05) is 43.5 Å². The molecule has 4 heterocycles. The summed E-state index contributed by atoms with van der Waals surface area (Å²) in [7, 11) is 1.75. The van der Waals surface area contributed by atoms with Crippen molar-refractivity contribution in [2.24, 2.45) is 0 Å². The van der Waals surface area contributed by atoms with Gasteiger partial charge in [-0.15, -0.1) is 0 Å². The molecule has 0 unspecified atom stereocenters. The molecule has 28 heavy (non-hydrogen) atoms. The van der Waals surface area contributed by atoms with Crippen LogP contribution in [0.15, 0.2) is 24.7 Å². The van der Waals surface area contributed by atoms with Crippen molar-refractivity contribution in [2.75, 3.05) is 25.0 Å². The standard InChI is InChI=1S/C19H20ClFN6O/c1-3-26(2)19(28)15-5-4-6-27(15)18-14(21)10-24-17(25-18)13-9-23-16-12(13)7-11(20)8-22-16/h7-10,15H,3-6H2,1-2H3,(H,22,23)/t15-/m1/s1. The van der Waals surface area contributed by atoms with Crippen LogP contribution in [0.25, 0.3) is 22.4 Å². The molecule has 0 radical (unpaired) electrons. The number of halogens is 2. The highest BCUT2D eigenvalue weighted by Crippen LogP contribution is 2.31. The molecule has 9 heteroatoms. The second-order valence-electron chi connectivity index (χ2n) is 6.82. The Morgan fingerprint density at radius 2 is 2.25 bits per heavy atom. The van der Waals surface area contributed by atoms with Crippen molar-refractivity contribution in [2.45, 2.75) is 25.8 Å². The highest BCUT2D eigenvalue weighted by atomic mass is 35.5. The van der Waals surface area contributed by atoms with E-state index < -0.39 is 11.9 Å². The Kier molecular flexibility index (Phi) is 4.89. The predicted molar refractivity (Wildman–Crippen MR) is 106 cm³/mol. The molecule has 1 aliphatic rings. The maximum atomic E-state index is 14.6. The van der Waals surface area contributed by atoms with Crippen LogP contribution in [0.2, 0.25) is 5.02 Å². The van der Waals surface area contributed by atoms with Crippen molar-refractivity contribution in [1.82, 2.24) is 24.8 Å². The van der Waals surface area contributed by atoms with Gasteiger partial charge in [-0.3, -0.25) is 4.79 Å². The molecule has 7 nitrogen and oxygen atoms in total. The molecule has 0 spiro atoms. The summed E-state index contributed by atoms with van der Waals surface area (Å²) < 4.78 is 14.6. The molecule has 0 saturated carbocycles. The third kappa shape index (κ3) is 3.17. The van der Waals surface area contributed by atoms with E-state index in [-0.39, 0.29) is 11.7 Å². The number of carbonyl (C=O) groups is 1. The van der Waals surface area contributed by atoms with Gasteiger partial charge in [0.25, 0.3) is 0 Å². The molecule has 1 N–H and O–H groups in total. The Morgan fingerprint density at radius 1 is 1.43 bits per heavy atom. The first kappa shape index (κ1) is 18.6. The van der Waals surface area contributed by atoms with Gasteiger partial charge in [0.1, 0.15) is 11.7 Å². The number of aromatic amines is 1. The molecule has 3 aromatic heterocycles. The van der Waals surface area contributed by atoms with Crippen LogP contribution >= 0.6 is 11.6 Å². The number of nitrogens with one attached hydrogen (secondary N) is 1. The van der Waals surface area contributed by atoms with Gasteiger partial charge in [-0.05, 0) is 25.8 Å². The fourth-order valence-electron chi connectivity index (χ4n) is 3.54. The van der Waals surface area contributed by atoms with E-state index in [1.54, 1.807) is 35.3 Å².